The first-order valence-corrected chi connectivity index (χ1v) is 11.5. The fraction of sp³-hybridized carbons (Fsp3) is 0.409. The monoisotopic (exact) mass is 416 g/mol. The van der Waals surface area contributed by atoms with Gasteiger partial charge in [-0.25, -0.2) is 13.1 Å². The predicted octanol–water partition coefficient (Wildman–Crippen LogP) is 4.05. The fourth-order valence-electron chi connectivity index (χ4n) is 3.34. The van der Waals surface area contributed by atoms with Crippen LogP contribution in [-0.4, -0.2) is 27.0 Å². The van der Waals surface area contributed by atoms with Gasteiger partial charge in [0.25, 0.3) is 5.91 Å². The third kappa shape index (κ3) is 6.05. The highest BCUT2D eigenvalue weighted by Crippen LogP contribution is 2.22. The van der Waals surface area contributed by atoms with Crippen LogP contribution in [0, 0.1) is 0 Å². The maximum absolute atomic E-state index is 12.4. The second-order valence-corrected chi connectivity index (χ2v) is 9.40. The minimum absolute atomic E-state index is 0.0224. The molecule has 2 aromatic carbocycles. The molecule has 2 aromatic rings. The molecule has 1 aliphatic rings. The van der Waals surface area contributed by atoms with Crippen LogP contribution in [0.25, 0.3) is 0 Å². The van der Waals surface area contributed by atoms with Gasteiger partial charge in [-0.15, -0.1) is 0 Å². The molecule has 2 N–H and O–H groups in total. The van der Waals surface area contributed by atoms with E-state index in [1.54, 1.807) is 12.1 Å². The Balaban J connectivity index is 1.51. The number of hydrogen-bond acceptors (Lipinski definition) is 4. The van der Waals surface area contributed by atoms with Crippen molar-refractivity contribution in [1.29, 1.82) is 0 Å². The molecule has 6 nitrogen and oxygen atoms in total. The van der Waals surface area contributed by atoms with Crippen molar-refractivity contribution in [1.82, 2.24) is 4.72 Å². The minimum Gasteiger partial charge on any atom is -0.484 e. The molecule has 0 radical (unpaired) electrons. The lowest BCUT2D eigenvalue weighted by Gasteiger charge is -2.13. The summed E-state index contributed by atoms with van der Waals surface area (Å²) in [5.41, 5.74) is 1.92. The molecule has 7 heteroatoms. The summed E-state index contributed by atoms with van der Waals surface area (Å²) in [6.45, 7) is 4.07. The van der Waals surface area contributed by atoms with Crippen molar-refractivity contribution in [2.75, 3.05) is 11.9 Å². The Bertz CT molecular complexity index is 916. The van der Waals surface area contributed by atoms with Crippen molar-refractivity contribution in [3.63, 3.8) is 0 Å². The number of rotatable bonds is 8. The Morgan fingerprint density at radius 3 is 2.24 bits per heavy atom. The SMILES string of the molecule is CC(C)c1ccc(NC(=O)COc2ccc(S(=O)(=O)NC3CCCC3)cc2)cc1. The van der Waals surface area contributed by atoms with Crippen LogP contribution in [0.4, 0.5) is 5.69 Å². The highest BCUT2D eigenvalue weighted by atomic mass is 32.2. The van der Waals surface area contributed by atoms with Crippen LogP contribution >= 0.6 is 0 Å². The zero-order valence-electron chi connectivity index (χ0n) is 16.9. The highest BCUT2D eigenvalue weighted by molar-refractivity contribution is 7.89. The first-order valence-electron chi connectivity index (χ1n) is 9.98. The molecule has 0 aliphatic heterocycles. The summed E-state index contributed by atoms with van der Waals surface area (Å²) < 4.78 is 33.1. The summed E-state index contributed by atoms with van der Waals surface area (Å²) in [5.74, 6) is 0.597. The Kier molecular flexibility index (Phi) is 6.92. The van der Waals surface area contributed by atoms with Crippen LogP contribution in [-0.2, 0) is 14.8 Å². The van der Waals surface area contributed by atoms with E-state index in [4.69, 9.17) is 4.74 Å². The number of nitrogens with one attached hydrogen (secondary N) is 2. The minimum atomic E-state index is -3.53. The first kappa shape index (κ1) is 21.3. The van der Waals surface area contributed by atoms with Crippen molar-refractivity contribution >= 4 is 21.6 Å². The van der Waals surface area contributed by atoms with E-state index >= 15 is 0 Å². The number of hydrogen-bond donors (Lipinski definition) is 2. The van der Waals surface area contributed by atoms with Crippen molar-refractivity contribution < 1.29 is 17.9 Å². The number of amides is 1. The van der Waals surface area contributed by atoms with E-state index in [1.807, 2.05) is 24.3 Å². The van der Waals surface area contributed by atoms with E-state index in [2.05, 4.69) is 23.9 Å². The lowest BCUT2D eigenvalue weighted by Crippen LogP contribution is -2.32. The number of carbonyl (C=O) groups is 1. The molecule has 1 amide bonds. The molecule has 0 atom stereocenters. The standard InChI is InChI=1S/C22H28N2O4S/c1-16(2)17-7-9-18(10-8-17)23-22(25)15-28-20-11-13-21(14-12-20)29(26,27)24-19-5-3-4-6-19/h7-14,16,19,24H,3-6,15H2,1-2H3,(H,23,25). The van der Waals surface area contributed by atoms with Crippen LogP contribution in [0.15, 0.2) is 53.4 Å². The van der Waals surface area contributed by atoms with Gasteiger partial charge in [0.15, 0.2) is 6.61 Å². The Hall–Kier alpha value is -2.38. The number of benzene rings is 2. The Morgan fingerprint density at radius 1 is 1.03 bits per heavy atom. The summed E-state index contributed by atoms with van der Waals surface area (Å²) in [7, 11) is -3.53. The van der Waals surface area contributed by atoms with Crippen LogP contribution in [0.2, 0.25) is 0 Å². The maximum Gasteiger partial charge on any atom is 0.262 e. The molecule has 1 fully saturated rings. The van der Waals surface area contributed by atoms with Gasteiger partial charge in [0, 0.05) is 11.7 Å². The largest absolute Gasteiger partial charge is 0.484 e. The molecule has 0 heterocycles. The number of anilines is 1. The average molecular weight is 417 g/mol. The summed E-state index contributed by atoms with van der Waals surface area (Å²) in [6.07, 6.45) is 3.89. The summed E-state index contributed by atoms with van der Waals surface area (Å²) in [6, 6.07) is 13.8. The molecule has 3 rings (SSSR count). The molecule has 1 aliphatic carbocycles. The topological polar surface area (TPSA) is 84.5 Å². The summed E-state index contributed by atoms with van der Waals surface area (Å²) >= 11 is 0. The van der Waals surface area contributed by atoms with Gasteiger partial charge in [0.2, 0.25) is 10.0 Å². The van der Waals surface area contributed by atoms with Crippen molar-refractivity contribution in [2.24, 2.45) is 0 Å². The van der Waals surface area contributed by atoms with Crippen LogP contribution in [0.3, 0.4) is 0 Å². The highest BCUT2D eigenvalue weighted by Gasteiger charge is 2.22. The zero-order chi connectivity index (χ0) is 20.9. The van der Waals surface area contributed by atoms with Gasteiger partial charge >= 0.3 is 0 Å². The second kappa shape index (κ2) is 9.41. The van der Waals surface area contributed by atoms with Crippen LogP contribution in [0.1, 0.15) is 51.0 Å². The molecule has 156 valence electrons. The van der Waals surface area contributed by atoms with E-state index in [1.165, 1.54) is 17.7 Å². The average Bonchev–Trinajstić information content (AvgIpc) is 3.19. The van der Waals surface area contributed by atoms with E-state index in [0.29, 0.717) is 17.4 Å². The van der Waals surface area contributed by atoms with Crippen LogP contribution < -0.4 is 14.8 Å². The van der Waals surface area contributed by atoms with Gasteiger partial charge in [-0.05, 0) is 60.7 Å². The van der Waals surface area contributed by atoms with Gasteiger partial charge in [-0.1, -0.05) is 38.8 Å². The molecule has 0 aromatic heterocycles. The van der Waals surface area contributed by atoms with E-state index in [0.717, 1.165) is 25.7 Å². The molecule has 29 heavy (non-hydrogen) atoms. The van der Waals surface area contributed by atoms with Crippen molar-refractivity contribution in [3.05, 3.63) is 54.1 Å². The molecule has 1 saturated carbocycles. The van der Waals surface area contributed by atoms with Gasteiger partial charge in [-0.2, -0.15) is 0 Å². The molecule has 0 unspecified atom stereocenters. The quantitative estimate of drug-likeness (QED) is 0.680. The zero-order valence-corrected chi connectivity index (χ0v) is 17.7. The molecular formula is C22H28N2O4S. The van der Waals surface area contributed by atoms with E-state index in [9.17, 15) is 13.2 Å². The van der Waals surface area contributed by atoms with E-state index in [-0.39, 0.29) is 23.5 Å². The molecule has 0 spiro atoms. The number of sulfonamides is 1. The second-order valence-electron chi connectivity index (χ2n) is 7.69. The Labute approximate surface area is 172 Å². The third-order valence-corrected chi connectivity index (χ3v) is 6.58. The van der Waals surface area contributed by atoms with Gasteiger partial charge in [-0.3, -0.25) is 4.79 Å². The van der Waals surface area contributed by atoms with E-state index < -0.39 is 10.0 Å². The van der Waals surface area contributed by atoms with Gasteiger partial charge < -0.3 is 10.1 Å². The maximum atomic E-state index is 12.4. The summed E-state index contributed by atoms with van der Waals surface area (Å²) in [4.78, 5) is 12.3. The predicted molar refractivity (Wildman–Crippen MR) is 114 cm³/mol. The van der Waals surface area contributed by atoms with Crippen molar-refractivity contribution in [2.45, 2.75) is 56.4 Å². The summed E-state index contributed by atoms with van der Waals surface area (Å²) in [5, 5.41) is 2.78. The van der Waals surface area contributed by atoms with Crippen LogP contribution in [0.5, 0.6) is 5.75 Å². The normalized spacial score (nSPS) is 14.9. The molecule has 0 saturated heterocycles. The molecular weight excluding hydrogens is 388 g/mol. The van der Waals surface area contributed by atoms with Gasteiger partial charge in [0.1, 0.15) is 5.75 Å². The lowest BCUT2D eigenvalue weighted by atomic mass is 10.0. The third-order valence-electron chi connectivity index (χ3n) is 5.04. The fourth-order valence-corrected chi connectivity index (χ4v) is 4.65. The molecule has 0 bridgehead atoms. The van der Waals surface area contributed by atoms with Gasteiger partial charge in [0.05, 0.1) is 4.90 Å². The first-order chi connectivity index (χ1) is 13.8. The smallest absolute Gasteiger partial charge is 0.262 e. The number of ether oxygens (including phenoxy) is 1. The number of carbonyl (C=O) groups excluding carboxylic acids is 1. The van der Waals surface area contributed by atoms with Crippen molar-refractivity contribution in [3.8, 4) is 5.75 Å². The lowest BCUT2D eigenvalue weighted by molar-refractivity contribution is -0.118. The Morgan fingerprint density at radius 2 is 1.66 bits per heavy atom.